The molecule has 4 rings (SSSR count). The van der Waals surface area contributed by atoms with Crippen LogP contribution in [0.15, 0.2) is 30.3 Å². The highest BCUT2D eigenvalue weighted by molar-refractivity contribution is 5.84. The minimum Gasteiger partial charge on any atom is -0.481 e. The smallest absolute Gasteiger partial charge is 0.305 e. The van der Waals surface area contributed by atoms with E-state index in [0.29, 0.717) is 24.5 Å². The van der Waals surface area contributed by atoms with E-state index in [1.54, 1.807) is 22.9 Å². The molecule has 10 heteroatoms. The van der Waals surface area contributed by atoms with E-state index < -0.39 is 24.6 Å². The van der Waals surface area contributed by atoms with Gasteiger partial charge < -0.3 is 15.3 Å². The van der Waals surface area contributed by atoms with Gasteiger partial charge in [-0.2, -0.15) is 0 Å². The number of fused-ring (bicyclic) bond motifs is 3. The number of aliphatic carboxylic acids is 1. The number of pyridine rings is 1. The maximum Gasteiger partial charge on any atom is 0.305 e. The van der Waals surface area contributed by atoms with Crippen molar-refractivity contribution in [2.75, 3.05) is 0 Å². The number of aromatic nitrogens is 5. The monoisotopic (exact) mass is 467 g/mol. The molecule has 0 unspecified atom stereocenters. The topological polar surface area (TPSA) is 134 Å². The zero-order chi connectivity index (χ0) is 24.4. The summed E-state index contributed by atoms with van der Waals surface area (Å²) in [5, 5.41) is 41.1. The van der Waals surface area contributed by atoms with Crippen molar-refractivity contribution in [3.8, 4) is 22.6 Å². The molecule has 0 radical (unpaired) electrons. The average Bonchev–Trinajstić information content (AvgIpc) is 3.26. The number of hydrogen-bond donors (Lipinski definition) is 3. The summed E-state index contributed by atoms with van der Waals surface area (Å²) in [6.07, 6.45) is 1.11. The van der Waals surface area contributed by atoms with E-state index in [1.807, 2.05) is 13.8 Å². The van der Waals surface area contributed by atoms with E-state index in [4.69, 9.17) is 10.1 Å². The number of carboxylic acids is 1. The molecule has 0 bridgehead atoms. The van der Waals surface area contributed by atoms with Gasteiger partial charge >= 0.3 is 5.97 Å². The fraction of sp³-hybridized carbons (Fsp3) is 0.375. The van der Waals surface area contributed by atoms with Gasteiger partial charge in [-0.3, -0.25) is 4.79 Å². The third-order valence-corrected chi connectivity index (χ3v) is 5.77. The molecule has 2 aromatic heterocycles. The Bertz CT molecular complexity index is 1220. The lowest BCUT2D eigenvalue weighted by molar-refractivity contribution is -0.139. The summed E-state index contributed by atoms with van der Waals surface area (Å²) in [5.74, 6) is -0.908. The molecule has 9 nitrogen and oxygen atoms in total. The Morgan fingerprint density at radius 3 is 2.65 bits per heavy atom. The molecule has 3 N–H and O–H groups in total. The Balaban J connectivity index is 1.85. The average molecular weight is 468 g/mol. The van der Waals surface area contributed by atoms with E-state index in [-0.39, 0.29) is 18.2 Å². The summed E-state index contributed by atoms with van der Waals surface area (Å²) >= 11 is 0. The van der Waals surface area contributed by atoms with Crippen LogP contribution < -0.4 is 0 Å². The first-order valence-corrected chi connectivity index (χ1v) is 11.1. The standard InChI is InChI=1S/C24H26FN5O4/c1-13(2)22-18(8-7-16(31)11-17(32)12-20(33)34)21(14-3-5-15(25)6-4-14)19-9-10-30-24(23(19)26-22)27-28-29-30/h3-8,13,16-17,31-32H,9-12H2,1-2H3,(H,33,34)/t16-,17-/m1/s1. The quantitative estimate of drug-likeness (QED) is 0.460. The lowest BCUT2D eigenvalue weighted by Gasteiger charge is -2.24. The predicted octanol–water partition coefficient (Wildman–Crippen LogP) is 2.82. The van der Waals surface area contributed by atoms with Gasteiger partial charge in [-0.05, 0) is 51.6 Å². The molecule has 1 aliphatic heterocycles. The molecule has 0 saturated heterocycles. The number of aliphatic hydroxyl groups is 2. The number of benzene rings is 1. The van der Waals surface area contributed by atoms with Gasteiger partial charge in [-0.1, -0.05) is 38.1 Å². The molecule has 0 aliphatic carbocycles. The fourth-order valence-electron chi connectivity index (χ4n) is 4.23. The van der Waals surface area contributed by atoms with Crippen LogP contribution in [0.4, 0.5) is 4.39 Å². The van der Waals surface area contributed by atoms with Crippen LogP contribution in [-0.2, 0) is 17.8 Å². The largest absolute Gasteiger partial charge is 0.481 e. The number of aliphatic hydroxyl groups excluding tert-OH is 2. The first kappa shape index (κ1) is 23.7. The molecular weight excluding hydrogens is 441 g/mol. The molecule has 3 aromatic rings. The lowest BCUT2D eigenvalue weighted by Crippen LogP contribution is -2.19. The van der Waals surface area contributed by atoms with Crippen LogP contribution in [0.3, 0.4) is 0 Å². The molecule has 0 spiro atoms. The zero-order valence-corrected chi connectivity index (χ0v) is 18.9. The summed E-state index contributed by atoms with van der Waals surface area (Å²) in [7, 11) is 0. The highest BCUT2D eigenvalue weighted by atomic mass is 19.1. The van der Waals surface area contributed by atoms with Gasteiger partial charge in [0.2, 0.25) is 5.82 Å². The molecule has 3 heterocycles. The van der Waals surface area contributed by atoms with Gasteiger partial charge in [0.25, 0.3) is 0 Å². The van der Waals surface area contributed by atoms with Crippen molar-refractivity contribution in [3.05, 3.63) is 53.0 Å². The highest BCUT2D eigenvalue weighted by Gasteiger charge is 2.28. The minimum atomic E-state index is -1.17. The molecular formula is C24H26FN5O4. The summed E-state index contributed by atoms with van der Waals surface area (Å²) in [6.45, 7) is 4.57. The second kappa shape index (κ2) is 9.78. The number of aryl methyl sites for hydroxylation is 1. The van der Waals surface area contributed by atoms with Crippen LogP contribution >= 0.6 is 0 Å². The van der Waals surface area contributed by atoms with Crippen LogP contribution in [0.1, 0.15) is 49.4 Å². The van der Waals surface area contributed by atoms with Crippen LogP contribution in [0.2, 0.25) is 0 Å². The summed E-state index contributed by atoms with van der Waals surface area (Å²) in [6, 6.07) is 6.21. The molecule has 2 atom stereocenters. The van der Waals surface area contributed by atoms with Crippen molar-refractivity contribution in [2.45, 2.75) is 57.8 Å². The number of carboxylic acid groups (broad SMARTS) is 1. The molecule has 34 heavy (non-hydrogen) atoms. The van der Waals surface area contributed by atoms with Gasteiger partial charge in [0.1, 0.15) is 11.5 Å². The van der Waals surface area contributed by atoms with Crippen molar-refractivity contribution in [1.29, 1.82) is 0 Å². The van der Waals surface area contributed by atoms with Crippen LogP contribution in [0.5, 0.6) is 0 Å². The van der Waals surface area contributed by atoms with E-state index in [9.17, 15) is 19.4 Å². The molecule has 0 fully saturated rings. The summed E-state index contributed by atoms with van der Waals surface area (Å²) in [4.78, 5) is 15.7. The number of tetrazole rings is 1. The summed E-state index contributed by atoms with van der Waals surface area (Å²) in [5.41, 5.74) is 4.78. The third-order valence-electron chi connectivity index (χ3n) is 5.77. The number of hydrogen-bond acceptors (Lipinski definition) is 7. The molecule has 1 aromatic carbocycles. The number of rotatable bonds is 8. The van der Waals surface area contributed by atoms with Crippen molar-refractivity contribution < 1.29 is 24.5 Å². The second-order valence-corrected chi connectivity index (χ2v) is 8.66. The molecule has 0 saturated carbocycles. The van der Waals surface area contributed by atoms with Crippen LogP contribution in [0, 0.1) is 5.82 Å². The van der Waals surface area contributed by atoms with Crippen LogP contribution in [0.25, 0.3) is 28.7 Å². The fourth-order valence-corrected chi connectivity index (χ4v) is 4.23. The second-order valence-electron chi connectivity index (χ2n) is 8.66. The van der Waals surface area contributed by atoms with E-state index in [0.717, 1.165) is 27.9 Å². The predicted molar refractivity (Wildman–Crippen MR) is 122 cm³/mol. The van der Waals surface area contributed by atoms with Gasteiger partial charge in [0, 0.05) is 18.5 Å². The van der Waals surface area contributed by atoms with Gasteiger partial charge in [-0.25, -0.2) is 14.1 Å². The van der Waals surface area contributed by atoms with Gasteiger partial charge in [0.05, 0.1) is 24.3 Å². The third kappa shape index (κ3) is 4.87. The van der Waals surface area contributed by atoms with E-state index in [1.165, 1.54) is 18.2 Å². The van der Waals surface area contributed by atoms with Crippen molar-refractivity contribution in [2.24, 2.45) is 0 Å². The number of nitrogens with zero attached hydrogens (tertiary/aromatic N) is 5. The number of halogens is 1. The lowest BCUT2D eigenvalue weighted by atomic mass is 9.86. The normalized spacial score (nSPS) is 14.8. The Kier molecular flexibility index (Phi) is 6.80. The minimum absolute atomic E-state index is 0.00477. The molecule has 178 valence electrons. The SMILES string of the molecule is CC(C)c1nc2c(c(-c3ccc(F)cc3)c1C=C[C@@H](O)C[C@@H](O)CC(=O)O)CCn1nnnc1-2. The van der Waals surface area contributed by atoms with E-state index >= 15 is 0 Å². The zero-order valence-electron chi connectivity index (χ0n) is 18.9. The van der Waals surface area contributed by atoms with Gasteiger partial charge in [0.15, 0.2) is 0 Å². The van der Waals surface area contributed by atoms with Crippen molar-refractivity contribution in [3.63, 3.8) is 0 Å². The molecule has 1 aliphatic rings. The maximum atomic E-state index is 13.7. The maximum absolute atomic E-state index is 13.7. The number of carbonyl (C=O) groups is 1. The van der Waals surface area contributed by atoms with Crippen LogP contribution in [-0.4, -0.2) is 58.7 Å². The molecule has 0 amide bonds. The van der Waals surface area contributed by atoms with Crippen molar-refractivity contribution in [1.82, 2.24) is 25.2 Å². The Hall–Kier alpha value is -3.50. The Morgan fingerprint density at radius 2 is 1.97 bits per heavy atom. The van der Waals surface area contributed by atoms with E-state index in [2.05, 4.69) is 15.5 Å². The van der Waals surface area contributed by atoms with Gasteiger partial charge in [-0.15, -0.1) is 5.10 Å². The first-order valence-electron chi connectivity index (χ1n) is 11.1. The first-order chi connectivity index (χ1) is 16.2. The summed E-state index contributed by atoms with van der Waals surface area (Å²) < 4.78 is 15.4. The Morgan fingerprint density at radius 1 is 1.24 bits per heavy atom. The Labute approximate surface area is 195 Å². The highest BCUT2D eigenvalue weighted by Crippen LogP contribution is 2.40. The van der Waals surface area contributed by atoms with Crippen molar-refractivity contribution >= 4 is 12.0 Å².